The zero-order chi connectivity index (χ0) is 28.7. The van der Waals surface area contributed by atoms with Crippen LogP contribution in [-0.2, 0) is 0 Å². The van der Waals surface area contributed by atoms with Crippen LogP contribution in [0.5, 0.6) is 0 Å². The zero-order valence-corrected chi connectivity index (χ0v) is 22.3. The van der Waals surface area contributed by atoms with Crippen LogP contribution in [0.2, 0.25) is 0 Å². The molecule has 2 aliphatic rings. The number of fused-ring (bicyclic) bond motifs is 20. The van der Waals surface area contributed by atoms with Crippen LogP contribution in [0.3, 0.4) is 0 Å². The Morgan fingerprint density at radius 3 is 1.30 bits per heavy atom. The Morgan fingerprint density at radius 2 is 0.814 bits per heavy atom. The number of aromatic amines is 2. The molecule has 3 aromatic heterocycles. The Bertz CT molecular complexity index is 2460. The Kier molecular flexibility index (Phi) is 4.92. The van der Waals surface area contributed by atoms with E-state index in [1.165, 1.54) is 0 Å². The molecule has 8 bridgehead atoms. The summed E-state index contributed by atoms with van der Waals surface area (Å²) < 4.78 is 0. The summed E-state index contributed by atoms with van der Waals surface area (Å²) in [5.41, 5.74) is 5.75. The van der Waals surface area contributed by atoms with Gasteiger partial charge in [0.2, 0.25) is 0 Å². The lowest BCUT2D eigenvalue weighted by Gasteiger charge is -2.01. The molecule has 0 unspecified atom stereocenters. The van der Waals surface area contributed by atoms with Gasteiger partial charge in [-0.1, -0.05) is 91.0 Å². The Hall–Kier alpha value is -5.78. The van der Waals surface area contributed by atoms with Crippen molar-refractivity contribution in [3.05, 3.63) is 91.0 Å². The lowest BCUT2D eigenvalue weighted by Crippen LogP contribution is -2.30. The van der Waals surface area contributed by atoms with E-state index in [4.69, 9.17) is 29.9 Å². The number of nitrogens with one attached hydrogen (secondary N) is 2. The van der Waals surface area contributed by atoms with Gasteiger partial charge in [-0.15, -0.1) is 0 Å². The van der Waals surface area contributed by atoms with Crippen molar-refractivity contribution in [2.45, 2.75) is 0 Å². The monoisotopic (exact) mass is 558 g/mol. The predicted octanol–water partition coefficient (Wildman–Crippen LogP) is 4.55. The van der Waals surface area contributed by atoms with E-state index in [1.807, 2.05) is 78.9 Å². The average molecular weight is 558 g/mol. The van der Waals surface area contributed by atoms with E-state index in [0.717, 1.165) is 33.0 Å². The Morgan fingerprint density at radius 1 is 0.419 bits per heavy atom. The first-order valence-corrected chi connectivity index (χ1v) is 13.7. The zero-order valence-electron chi connectivity index (χ0n) is 22.3. The van der Waals surface area contributed by atoms with Crippen LogP contribution < -0.4 is 5.46 Å². The van der Waals surface area contributed by atoms with Gasteiger partial charge < -0.3 is 20.0 Å². The molecule has 4 N–H and O–H groups in total. The lowest BCUT2D eigenvalue weighted by atomic mass is 9.78. The van der Waals surface area contributed by atoms with Gasteiger partial charge in [0.1, 0.15) is 22.6 Å². The quantitative estimate of drug-likeness (QED) is 0.215. The maximum absolute atomic E-state index is 10.3. The molecule has 10 nitrogen and oxygen atoms in total. The van der Waals surface area contributed by atoms with E-state index in [-0.39, 0.29) is 0 Å². The van der Waals surface area contributed by atoms with Crippen LogP contribution in [0.15, 0.2) is 91.0 Å². The summed E-state index contributed by atoms with van der Waals surface area (Å²) in [4.78, 5) is 36.3. The number of aromatic nitrogens is 8. The fraction of sp³-hybridized carbons (Fsp3) is 0. The minimum Gasteiger partial charge on any atom is -0.423 e. The standard InChI is InChI=1S/C32H19BN8O2/c42-33(43)23-15-7-14-22-24(23)32-40-30-21-13-6-5-12-20(21)28(38-30)36-26-17-9-2-1-8-16(17)25(34-26)35-27-18-10-3-4-11-19(18)29(37-27)39-31(22)41-32/h1-15,42-43H,(H2,34,35,36,37,38,39,40,41). The van der Waals surface area contributed by atoms with Gasteiger partial charge in [0.25, 0.3) is 0 Å². The first-order valence-electron chi connectivity index (χ1n) is 13.7. The van der Waals surface area contributed by atoms with Gasteiger partial charge in [0.05, 0.1) is 0 Å². The van der Waals surface area contributed by atoms with Crippen LogP contribution in [0.1, 0.15) is 0 Å². The van der Waals surface area contributed by atoms with Gasteiger partial charge in [0, 0.05) is 43.8 Å². The summed E-state index contributed by atoms with van der Waals surface area (Å²) in [6.07, 6.45) is 0. The predicted molar refractivity (Wildman–Crippen MR) is 166 cm³/mol. The van der Waals surface area contributed by atoms with E-state index in [0.29, 0.717) is 62.1 Å². The molecule has 4 aromatic carbocycles. The second-order valence-corrected chi connectivity index (χ2v) is 10.4. The van der Waals surface area contributed by atoms with Gasteiger partial charge in [-0.3, -0.25) is 0 Å². The molecule has 0 amide bonds. The highest BCUT2D eigenvalue weighted by molar-refractivity contribution is 6.62. The molecule has 0 spiro atoms. The van der Waals surface area contributed by atoms with E-state index in [2.05, 4.69) is 9.97 Å². The molecule has 5 heterocycles. The number of benzene rings is 4. The van der Waals surface area contributed by atoms with E-state index in [9.17, 15) is 10.0 Å². The van der Waals surface area contributed by atoms with E-state index in [1.54, 1.807) is 12.1 Å². The third-order valence-corrected chi connectivity index (χ3v) is 7.89. The molecule has 202 valence electrons. The number of H-pyrrole nitrogens is 2. The molecule has 2 aliphatic heterocycles. The molecular weight excluding hydrogens is 539 g/mol. The minimum absolute atomic E-state index is 0.300. The van der Waals surface area contributed by atoms with Gasteiger partial charge in [0.15, 0.2) is 23.3 Å². The van der Waals surface area contributed by atoms with Crippen molar-refractivity contribution in [1.29, 1.82) is 0 Å². The Labute approximate surface area is 243 Å². The molecule has 11 heteroatoms. The SMILES string of the molecule is OB(O)c1cccc2c3nc4nc(nc5[nH]c(nc6nc(nc([nH]3)c12)-c1ccccc1-6)c1ccccc51)-c1ccccc1-4. The second-order valence-electron chi connectivity index (χ2n) is 10.4. The molecule has 0 aliphatic carbocycles. The summed E-state index contributed by atoms with van der Waals surface area (Å²) in [5.74, 6) is 1.94. The van der Waals surface area contributed by atoms with Crippen molar-refractivity contribution in [3.63, 3.8) is 0 Å². The number of rotatable bonds is 1. The molecular formula is C32H19BN8O2. The number of nitrogens with zero attached hydrogens (tertiary/aromatic N) is 6. The molecule has 43 heavy (non-hydrogen) atoms. The maximum atomic E-state index is 10.3. The number of hydrogen-bond acceptors (Lipinski definition) is 8. The van der Waals surface area contributed by atoms with Crippen molar-refractivity contribution < 1.29 is 10.0 Å². The second kappa shape index (κ2) is 8.86. The average Bonchev–Trinajstić information content (AvgIpc) is 3.76. The van der Waals surface area contributed by atoms with Gasteiger partial charge in [-0.2, -0.15) is 0 Å². The molecule has 0 saturated carbocycles. The van der Waals surface area contributed by atoms with Gasteiger partial charge in [-0.05, 0) is 5.46 Å². The summed E-state index contributed by atoms with van der Waals surface area (Å²) in [6.45, 7) is 0. The summed E-state index contributed by atoms with van der Waals surface area (Å²) in [7, 11) is -1.72. The molecule has 9 rings (SSSR count). The third kappa shape index (κ3) is 3.56. The van der Waals surface area contributed by atoms with Crippen LogP contribution in [-0.4, -0.2) is 57.0 Å². The molecule has 0 fully saturated rings. The largest absolute Gasteiger partial charge is 0.489 e. The smallest absolute Gasteiger partial charge is 0.423 e. The molecule has 7 aromatic rings. The highest BCUT2D eigenvalue weighted by atomic mass is 16.4. The highest BCUT2D eigenvalue weighted by Crippen LogP contribution is 2.36. The van der Waals surface area contributed by atoms with Crippen molar-refractivity contribution in [3.8, 4) is 45.6 Å². The van der Waals surface area contributed by atoms with Crippen molar-refractivity contribution in [2.75, 3.05) is 0 Å². The minimum atomic E-state index is -1.72. The summed E-state index contributed by atoms with van der Waals surface area (Å²) >= 11 is 0. The summed E-state index contributed by atoms with van der Waals surface area (Å²) in [5, 5.41) is 23.6. The van der Waals surface area contributed by atoms with Crippen LogP contribution in [0.4, 0.5) is 0 Å². The van der Waals surface area contributed by atoms with Crippen molar-refractivity contribution in [1.82, 2.24) is 39.9 Å². The first-order chi connectivity index (χ1) is 21.1. The molecule has 0 atom stereocenters. The fourth-order valence-corrected chi connectivity index (χ4v) is 5.93. The highest BCUT2D eigenvalue weighted by Gasteiger charge is 2.23. The Balaban J connectivity index is 1.52. The van der Waals surface area contributed by atoms with Crippen LogP contribution >= 0.6 is 0 Å². The van der Waals surface area contributed by atoms with Gasteiger partial charge in [-0.25, -0.2) is 29.9 Å². The number of hydrogen-bond donors (Lipinski definition) is 4. The summed E-state index contributed by atoms with van der Waals surface area (Å²) in [6, 6.07) is 28.8. The van der Waals surface area contributed by atoms with E-state index < -0.39 is 7.12 Å². The lowest BCUT2D eigenvalue weighted by molar-refractivity contribution is 0.426. The third-order valence-electron chi connectivity index (χ3n) is 7.89. The fourth-order valence-electron chi connectivity index (χ4n) is 5.93. The normalized spacial score (nSPS) is 12.0. The first kappa shape index (κ1) is 23.9. The topological polar surface area (TPSA) is 149 Å². The molecule has 0 radical (unpaired) electrons. The van der Waals surface area contributed by atoms with Crippen molar-refractivity contribution in [2.24, 2.45) is 0 Å². The van der Waals surface area contributed by atoms with Crippen LogP contribution in [0.25, 0.3) is 89.7 Å². The van der Waals surface area contributed by atoms with Crippen molar-refractivity contribution >= 4 is 56.7 Å². The van der Waals surface area contributed by atoms with Crippen LogP contribution in [0, 0.1) is 0 Å². The van der Waals surface area contributed by atoms with E-state index >= 15 is 0 Å². The maximum Gasteiger partial charge on any atom is 0.489 e. The molecule has 0 saturated heterocycles. The van der Waals surface area contributed by atoms with Gasteiger partial charge >= 0.3 is 7.12 Å².